The lowest BCUT2D eigenvalue weighted by Gasteiger charge is -2.71. The molecule has 11 rings (SSSR count). The molecule has 6 heterocycles. The highest BCUT2D eigenvalue weighted by Crippen LogP contribution is 2.76. The molecule has 97 heavy (non-hydrogen) atoms. The summed E-state index contributed by atoms with van der Waals surface area (Å²) in [6.07, 6.45) is -37.6. The lowest BCUT2D eigenvalue weighted by Crippen LogP contribution is -2.67. The van der Waals surface area contributed by atoms with Crippen molar-refractivity contribution in [2.75, 3.05) is 33.0 Å². The molecule has 31 heteroatoms. The van der Waals surface area contributed by atoms with E-state index in [0.29, 0.717) is 57.8 Å². The van der Waals surface area contributed by atoms with E-state index in [4.69, 9.17) is 61.6 Å². The first kappa shape index (κ1) is 75.7. The summed E-state index contributed by atoms with van der Waals surface area (Å²) in [6, 6.07) is 0. The van der Waals surface area contributed by atoms with Crippen LogP contribution >= 0.6 is 0 Å². The van der Waals surface area contributed by atoms with Crippen LogP contribution in [0.5, 0.6) is 0 Å². The normalized spacial score (nSPS) is 53.8. The van der Waals surface area contributed by atoms with Gasteiger partial charge < -0.3 is 143 Å². The van der Waals surface area contributed by atoms with E-state index in [1.54, 1.807) is 0 Å². The van der Waals surface area contributed by atoms with Crippen molar-refractivity contribution < 1.29 is 153 Å². The minimum atomic E-state index is -1.93. The highest BCUT2D eigenvalue weighted by Gasteiger charge is 2.71. The number of carbonyl (C=O) groups is 2. The van der Waals surface area contributed by atoms with Gasteiger partial charge in [0.2, 0.25) is 6.29 Å². The highest BCUT2D eigenvalue weighted by molar-refractivity contribution is 5.79. The molecule has 4 saturated carbocycles. The Labute approximate surface area is 562 Å². The SMILES string of the molecule is CC(=O)O[C@@H]1[C@@H](O)[C@@H](O)[C@H](O[C@H]2[C@H](O)[C@@H](O)[C@H](OC[C@H]3O[C@@H](OC(=O)[C@]45CCC(C)(C)C[C@H]4C4=CC[C@@H]6[C@@]7(C)CC[C@H](O[C@@H]8OC[C@H](O)[C@H](O)[C@H]8O[C@@H]8O[C@@H](C)[C@H](O)[C@@H](O[C@@H]9OC[C@@H](O)[C@@H](O)[C@H]9O)[C@H]8O)[C@@](C)(CO)[C@@H]7CC[C@@]6(C)[C@]4(C)CC5)[C@H](O)[C@@H](O)[C@@H]3O)O[C@@H]2CO)O[C@H]1C. The van der Waals surface area contributed by atoms with Crippen molar-refractivity contribution in [1.29, 1.82) is 0 Å². The molecule has 11 aliphatic rings. The molecule has 16 N–H and O–H groups in total. The summed E-state index contributed by atoms with van der Waals surface area (Å²) >= 11 is 0. The maximum Gasteiger partial charge on any atom is 0.315 e. The molecule has 31 nitrogen and oxygen atoms in total. The van der Waals surface area contributed by atoms with Crippen LogP contribution in [0.3, 0.4) is 0 Å². The first-order chi connectivity index (χ1) is 45.5. The third-order valence-corrected chi connectivity index (χ3v) is 25.2. The Hall–Kier alpha value is -2.40. The molecule has 6 aliphatic heterocycles. The lowest BCUT2D eigenvalue weighted by molar-refractivity contribution is -0.379. The molecule has 0 aromatic heterocycles. The van der Waals surface area contributed by atoms with Crippen LogP contribution in [-0.2, 0) is 71.2 Å². The second kappa shape index (κ2) is 28.6. The van der Waals surface area contributed by atoms with Gasteiger partial charge >= 0.3 is 11.9 Å². The number of allylic oxidation sites excluding steroid dienone is 2. The standard InChI is InChI=1S/C66H106O31/c1-26-38(72)52(95-55-45(79)39(73)31(70)22-85-55)49(83)58(88-26)96-53-40(74)32(71)23-86-59(53)93-37-13-14-62(6)35(63(37,7)25-68)12-15-65(9)36(62)11-10-29-30-20-61(4,5)16-18-66(30,19-17-64(29,65)8)60(84)97-57-46(80)42(76)41(75)34(92-57)24-87-54-47(81)44(78)51(33(21-67)91-54)94-56-48(82)43(77)50(27(2)89-56)90-28(3)69/h10,26-27,30-59,67-68,70-83H,11-25H2,1-9H3/t26-,27-,30-,31+,32-,33+,34+,35+,36+,37-,38-,39+,40-,41+,42-,43-,44+,45+,46+,47+,48+,49+,50-,51+,52+,53+,54+,55-,56-,57-,58-,59-,62-,63-,64+,65+,66-/m0/s1. The smallest absolute Gasteiger partial charge is 0.315 e. The van der Waals surface area contributed by atoms with E-state index >= 15 is 4.79 Å². The number of hydrogen-bond donors (Lipinski definition) is 16. The van der Waals surface area contributed by atoms with Gasteiger partial charge in [0.1, 0.15) is 116 Å². The molecule has 0 aromatic rings. The summed E-state index contributed by atoms with van der Waals surface area (Å²) in [5.74, 6) is -1.78. The monoisotopic (exact) mass is 1390 g/mol. The summed E-state index contributed by atoms with van der Waals surface area (Å²) in [5.41, 5.74) is -2.26. The van der Waals surface area contributed by atoms with Crippen molar-refractivity contribution >= 4 is 11.9 Å². The molecule has 0 spiro atoms. The Kier molecular flexibility index (Phi) is 22.3. The molecule has 10 fully saturated rings. The number of fused-ring (bicyclic) bond motifs is 7. The van der Waals surface area contributed by atoms with Crippen molar-refractivity contribution in [2.45, 2.75) is 305 Å². The molecule has 0 radical (unpaired) electrons. The number of esters is 2. The van der Waals surface area contributed by atoms with E-state index in [-0.39, 0.29) is 47.2 Å². The number of carbonyl (C=O) groups excluding carboxylic acids is 2. The first-order valence-electron chi connectivity index (χ1n) is 34.4. The zero-order chi connectivity index (χ0) is 70.7. The number of ether oxygens (including phenoxy) is 13. The van der Waals surface area contributed by atoms with Crippen LogP contribution in [0.2, 0.25) is 0 Å². The number of hydrogen-bond acceptors (Lipinski definition) is 31. The van der Waals surface area contributed by atoms with Crippen LogP contribution in [0.4, 0.5) is 0 Å². The molecule has 0 bridgehead atoms. The molecular weight excluding hydrogens is 1290 g/mol. The summed E-state index contributed by atoms with van der Waals surface area (Å²) in [4.78, 5) is 27.0. The van der Waals surface area contributed by atoms with Crippen LogP contribution < -0.4 is 0 Å². The highest BCUT2D eigenvalue weighted by atomic mass is 16.8. The minimum Gasteiger partial charge on any atom is -0.457 e. The third-order valence-electron chi connectivity index (χ3n) is 25.2. The van der Waals surface area contributed by atoms with Gasteiger partial charge in [0.25, 0.3) is 0 Å². The van der Waals surface area contributed by atoms with Crippen LogP contribution in [0.25, 0.3) is 0 Å². The van der Waals surface area contributed by atoms with Crippen LogP contribution in [-0.4, -0.2) is 305 Å². The van der Waals surface area contributed by atoms with Crippen molar-refractivity contribution in [2.24, 2.45) is 50.2 Å². The Morgan fingerprint density at radius 3 is 1.78 bits per heavy atom. The van der Waals surface area contributed by atoms with Crippen molar-refractivity contribution in [1.82, 2.24) is 0 Å². The largest absolute Gasteiger partial charge is 0.457 e. The van der Waals surface area contributed by atoms with E-state index in [2.05, 4.69) is 40.7 Å². The van der Waals surface area contributed by atoms with Gasteiger partial charge in [0.15, 0.2) is 37.6 Å². The molecule has 0 amide bonds. The fourth-order valence-electron chi connectivity index (χ4n) is 19.1. The van der Waals surface area contributed by atoms with Crippen molar-refractivity contribution in [3.8, 4) is 0 Å². The predicted molar refractivity (Wildman–Crippen MR) is 324 cm³/mol. The molecule has 0 unspecified atom stereocenters. The Balaban J connectivity index is 0.763. The predicted octanol–water partition coefficient (Wildman–Crippen LogP) is -3.51. The Bertz CT molecular complexity index is 2760. The fourth-order valence-corrected chi connectivity index (χ4v) is 19.1. The number of rotatable bonds is 16. The summed E-state index contributed by atoms with van der Waals surface area (Å²) in [7, 11) is 0. The van der Waals surface area contributed by atoms with E-state index in [1.165, 1.54) is 13.8 Å². The van der Waals surface area contributed by atoms with Crippen molar-refractivity contribution in [3.05, 3.63) is 11.6 Å². The zero-order valence-electron chi connectivity index (χ0n) is 56.4. The Morgan fingerprint density at radius 2 is 1.10 bits per heavy atom. The summed E-state index contributed by atoms with van der Waals surface area (Å²) in [6.45, 7) is 14.7. The molecule has 37 atom stereocenters. The van der Waals surface area contributed by atoms with Gasteiger partial charge in [-0.2, -0.15) is 0 Å². The molecule has 5 aliphatic carbocycles. The van der Waals surface area contributed by atoms with Crippen LogP contribution in [0.15, 0.2) is 11.6 Å². The average molecular weight is 1400 g/mol. The van der Waals surface area contributed by atoms with Gasteiger partial charge in [-0.3, -0.25) is 9.59 Å². The van der Waals surface area contributed by atoms with Gasteiger partial charge in [-0.25, -0.2) is 0 Å². The second-order valence-electron chi connectivity index (χ2n) is 31.4. The van der Waals surface area contributed by atoms with Gasteiger partial charge in [-0.1, -0.05) is 53.2 Å². The maximum atomic E-state index is 15.3. The summed E-state index contributed by atoms with van der Waals surface area (Å²) in [5, 5.41) is 176. The fraction of sp³-hybridized carbons (Fsp3) is 0.939. The quantitative estimate of drug-likeness (QED) is 0.0405. The molecule has 6 saturated heterocycles. The van der Waals surface area contributed by atoms with Gasteiger partial charge in [-0.15, -0.1) is 0 Å². The summed E-state index contributed by atoms with van der Waals surface area (Å²) < 4.78 is 76.7. The topological polar surface area (TPSA) is 478 Å². The van der Waals surface area contributed by atoms with Crippen molar-refractivity contribution in [3.63, 3.8) is 0 Å². The lowest BCUT2D eigenvalue weighted by atomic mass is 9.33. The number of aliphatic hydroxyl groups is 16. The van der Waals surface area contributed by atoms with Crippen LogP contribution in [0.1, 0.15) is 127 Å². The second-order valence-corrected chi connectivity index (χ2v) is 31.4. The molecule has 556 valence electrons. The van der Waals surface area contributed by atoms with E-state index < -0.39 is 226 Å². The first-order valence-corrected chi connectivity index (χ1v) is 34.4. The van der Waals surface area contributed by atoms with Gasteiger partial charge in [0.05, 0.1) is 56.8 Å². The van der Waals surface area contributed by atoms with E-state index in [0.717, 1.165) is 18.9 Å². The average Bonchev–Trinajstić information content (AvgIpc) is 0.675. The maximum absolute atomic E-state index is 15.3. The Morgan fingerprint density at radius 1 is 0.515 bits per heavy atom. The number of aliphatic hydroxyl groups excluding tert-OH is 16. The molecule has 0 aromatic carbocycles. The van der Waals surface area contributed by atoms with E-state index in [9.17, 15) is 86.5 Å². The third kappa shape index (κ3) is 13.3. The van der Waals surface area contributed by atoms with Crippen LogP contribution in [0, 0.1) is 50.2 Å². The zero-order valence-corrected chi connectivity index (χ0v) is 56.4. The van der Waals surface area contributed by atoms with Gasteiger partial charge in [0, 0.05) is 12.3 Å². The minimum absolute atomic E-state index is 0.0687. The van der Waals surface area contributed by atoms with E-state index in [1.807, 2.05) is 6.92 Å². The molecular formula is C66H106O31. The van der Waals surface area contributed by atoms with Gasteiger partial charge in [-0.05, 0) is 117 Å².